The molecular formula is C54H80N6O7S. The Morgan fingerprint density at radius 2 is 1.54 bits per heavy atom. The number of hydrogen-bond donors (Lipinski definition) is 3. The third-order valence-electron chi connectivity index (χ3n) is 11.5. The maximum Gasteiger partial charge on any atom is 0.257 e. The zero-order valence-electron chi connectivity index (χ0n) is 43.4. The van der Waals surface area contributed by atoms with Gasteiger partial charge in [0.1, 0.15) is 22.4 Å². The predicted octanol–water partition coefficient (Wildman–Crippen LogP) is 11.0. The zero-order chi connectivity index (χ0) is 51.5. The molecule has 5 rings (SSSR count). The zero-order valence-corrected chi connectivity index (χ0v) is 44.3. The fourth-order valence-corrected chi connectivity index (χ4v) is 8.23. The first-order valence-corrected chi connectivity index (χ1v) is 25.2. The lowest BCUT2D eigenvalue weighted by atomic mass is 9.93. The van der Waals surface area contributed by atoms with Gasteiger partial charge in [-0.15, -0.1) is 21.5 Å². The summed E-state index contributed by atoms with van der Waals surface area (Å²) in [7, 11) is 0. The number of imide groups is 1. The van der Waals surface area contributed by atoms with Crippen LogP contribution in [0.4, 0.5) is 0 Å². The van der Waals surface area contributed by atoms with Crippen LogP contribution in [0.15, 0.2) is 49.0 Å². The van der Waals surface area contributed by atoms with E-state index in [4.69, 9.17) is 4.74 Å². The molecule has 0 bridgehead atoms. The first kappa shape index (κ1) is 60.3. The predicted molar refractivity (Wildman–Crippen MR) is 277 cm³/mol. The molecule has 0 aliphatic carbocycles. The molecule has 4 amide bonds. The SMILES string of the molecule is C=C(c1ccc(C(C)CC)cc1)c1c(-n2c(C)nnc2CC(C)CC)sc(C)c1C.CC.CC.CC(=O)NCCCCNC(=O)COc1cccc(C=O)c1C(C)=O.CCC1CCC(=O)NC1=O. The third kappa shape index (κ3) is 18.7. The third-order valence-corrected chi connectivity index (χ3v) is 12.7. The Labute approximate surface area is 410 Å². The van der Waals surface area contributed by atoms with E-state index in [-0.39, 0.29) is 58.8 Å². The van der Waals surface area contributed by atoms with Gasteiger partial charge in [0.15, 0.2) is 18.7 Å². The molecule has 0 spiro atoms. The average molecular weight is 957 g/mol. The minimum Gasteiger partial charge on any atom is -0.483 e. The molecule has 68 heavy (non-hydrogen) atoms. The van der Waals surface area contributed by atoms with Crippen molar-refractivity contribution < 1.29 is 33.5 Å². The number of ketones is 1. The highest BCUT2D eigenvalue weighted by atomic mass is 32.1. The quantitative estimate of drug-likeness (QED) is 0.0357. The van der Waals surface area contributed by atoms with Gasteiger partial charge in [-0.3, -0.25) is 38.7 Å². The fourth-order valence-electron chi connectivity index (χ4n) is 6.98. The van der Waals surface area contributed by atoms with Crippen LogP contribution in [0, 0.1) is 32.6 Å². The number of ether oxygens (including phenoxy) is 1. The molecule has 3 atom stereocenters. The Balaban J connectivity index is 0.000000541. The number of carbonyl (C=O) groups is 6. The van der Waals surface area contributed by atoms with Gasteiger partial charge in [0, 0.05) is 54.8 Å². The summed E-state index contributed by atoms with van der Waals surface area (Å²) in [5.74, 6) is 2.50. The lowest BCUT2D eigenvalue weighted by Gasteiger charge is -2.18. The molecule has 1 fully saturated rings. The Bertz CT molecular complexity index is 2240. The van der Waals surface area contributed by atoms with Crippen molar-refractivity contribution in [3.8, 4) is 10.8 Å². The number of hydrogen-bond acceptors (Lipinski definition) is 10. The van der Waals surface area contributed by atoms with Crippen LogP contribution in [0.2, 0.25) is 0 Å². The summed E-state index contributed by atoms with van der Waals surface area (Å²) in [6, 6.07) is 13.6. The lowest BCUT2D eigenvalue weighted by Crippen LogP contribution is -2.40. The Morgan fingerprint density at radius 3 is 2.09 bits per heavy atom. The number of amides is 4. The van der Waals surface area contributed by atoms with Crippen LogP contribution >= 0.6 is 11.3 Å². The molecule has 2 aromatic heterocycles. The van der Waals surface area contributed by atoms with Gasteiger partial charge in [-0.05, 0) is 100.0 Å². The standard InChI is InChI=1S/C26H35N3S.C17H22N2O5.C7H11NO2.2C2H6/c1-9-16(3)15-24-28-27-21(8)29(24)26-25(18(5)20(7)30-26)19(6)23-13-11-22(12-14-23)17(4)10-2;1-12(21)17-14(10-20)6-5-7-15(17)24-11-16(23)19-9-4-3-8-18-13(2)22;1-2-5-3-4-6(9)8-7(5)10;2*1-2/h11-14,16-17H,6,9-10,15H2,1-5,7-8H3;5-7,10H,3-4,8-9,11H2,1-2H3,(H,18,22)(H,19,23);5H,2-4H2,1H3,(H,8,9,10);2*1-2H3. The second-order valence-corrected chi connectivity index (χ2v) is 17.6. The topological polar surface area (TPSA) is 178 Å². The van der Waals surface area contributed by atoms with Crippen LogP contribution in [-0.2, 0) is 25.6 Å². The van der Waals surface area contributed by atoms with Crippen LogP contribution in [0.1, 0.15) is 187 Å². The minimum atomic E-state index is -0.319. The molecule has 374 valence electrons. The van der Waals surface area contributed by atoms with Crippen molar-refractivity contribution in [1.82, 2.24) is 30.7 Å². The van der Waals surface area contributed by atoms with Crippen LogP contribution in [0.5, 0.6) is 5.75 Å². The number of unbranched alkanes of at least 4 members (excludes halogenated alkanes) is 1. The maximum atomic E-state index is 11.7. The first-order chi connectivity index (χ1) is 32.5. The Morgan fingerprint density at radius 1 is 0.912 bits per heavy atom. The molecule has 1 aliphatic rings. The van der Waals surface area contributed by atoms with Crippen molar-refractivity contribution in [2.45, 2.75) is 154 Å². The van der Waals surface area contributed by atoms with E-state index >= 15 is 0 Å². The summed E-state index contributed by atoms with van der Waals surface area (Å²) in [5.41, 5.74) is 6.58. The van der Waals surface area contributed by atoms with E-state index in [2.05, 4.69) is 103 Å². The number of nitrogens with one attached hydrogen (secondary N) is 3. The fraction of sp³-hybridized carbons (Fsp3) is 0.519. The number of benzene rings is 2. The average Bonchev–Trinajstić information content (AvgIpc) is 3.85. The number of piperidine rings is 1. The number of aromatic nitrogens is 3. The van der Waals surface area contributed by atoms with Gasteiger partial charge in [0.05, 0.1) is 5.56 Å². The highest BCUT2D eigenvalue weighted by Crippen LogP contribution is 2.39. The van der Waals surface area contributed by atoms with Gasteiger partial charge in [0.25, 0.3) is 5.91 Å². The van der Waals surface area contributed by atoms with E-state index in [1.165, 1.54) is 52.0 Å². The summed E-state index contributed by atoms with van der Waals surface area (Å²) in [5, 5.41) is 17.8. The Hall–Kier alpha value is -5.76. The summed E-state index contributed by atoms with van der Waals surface area (Å²) >= 11 is 1.82. The molecule has 3 unspecified atom stereocenters. The normalized spacial score (nSPS) is 13.5. The number of Topliss-reactive ketones (excluding diaryl/α,β-unsaturated/α-hetero) is 1. The van der Waals surface area contributed by atoms with Crippen molar-refractivity contribution in [3.63, 3.8) is 0 Å². The van der Waals surface area contributed by atoms with Crippen molar-refractivity contribution >= 4 is 52.6 Å². The number of aldehydes is 1. The van der Waals surface area contributed by atoms with Gasteiger partial charge < -0.3 is 15.4 Å². The van der Waals surface area contributed by atoms with Crippen LogP contribution in [-0.4, -0.2) is 70.2 Å². The van der Waals surface area contributed by atoms with Crippen LogP contribution in [0.3, 0.4) is 0 Å². The van der Waals surface area contributed by atoms with E-state index < -0.39 is 0 Å². The smallest absolute Gasteiger partial charge is 0.257 e. The number of carbonyl (C=O) groups excluding carboxylic acids is 6. The highest BCUT2D eigenvalue weighted by molar-refractivity contribution is 7.15. The molecule has 0 saturated carbocycles. The van der Waals surface area contributed by atoms with Crippen molar-refractivity contribution in [3.05, 3.63) is 99.0 Å². The molecule has 2 aromatic carbocycles. The summed E-state index contributed by atoms with van der Waals surface area (Å²) in [6.45, 7) is 33.5. The second kappa shape index (κ2) is 32.1. The monoisotopic (exact) mass is 957 g/mol. The van der Waals surface area contributed by atoms with E-state index in [1.54, 1.807) is 12.1 Å². The molecule has 1 saturated heterocycles. The summed E-state index contributed by atoms with van der Waals surface area (Å²) in [4.78, 5) is 67.9. The number of rotatable bonds is 19. The van der Waals surface area contributed by atoms with Gasteiger partial charge in [-0.2, -0.15) is 0 Å². The molecule has 14 heteroatoms. The van der Waals surface area contributed by atoms with E-state index in [0.717, 1.165) is 62.2 Å². The van der Waals surface area contributed by atoms with Gasteiger partial charge in [-0.1, -0.05) is 112 Å². The number of aryl methyl sites for hydroxylation is 2. The molecule has 1 aliphatic heterocycles. The second-order valence-electron chi connectivity index (χ2n) is 16.4. The summed E-state index contributed by atoms with van der Waals surface area (Å²) in [6.07, 6.45) is 7.35. The lowest BCUT2D eigenvalue weighted by molar-refractivity contribution is -0.136. The highest BCUT2D eigenvalue weighted by Gasteiger charge is 2.25. The summed E-state index contributed by atoms with van der Waals surface area (Å²) < 4.78 is 7.62. The Kier molecular flexibility index (Phi) is 28.4. The van der Waals surface area contributed by atoms with Crippen LogP contribution in [0.25, 0.3) is 10.6 Å². The molecule has 3 heterocycles. The molecule has 13 nitrogen and oxygen atoms in total. The van der Waals surface area contributed by atoms with Gasteiger partial charge in [0.2, 0.25) is 17.7 Å². The molecular weight excluding hydrogens is 877 g/mol. The largest absolute Gasteiger partial charge is 0.483 e. The minimum absolute atomic E-state index is 0.0673. The molecule has 3 N–H and O–H groups in total. The van der Waals surface area contributed by atoms with E-state index in [1.807, 2.05) is 52.9 Å². The van der Waals surface area contributed by atoms with E-state index in [9.17, 15) is 28.8 Å². The number of thiophene rings is 1. The molecule has 4 aromatic rings. The maximum absolute atomic E-state index is 11.7. The van der Waals surface area contributed by atoms with Crippen molar-refractivity contribution in [2.75, 3.05) is 19.7 Å². The van der Waals surface area contributed by atoms with Crippen molar-refractivity contribution in [1.29, 1.82) is 0 Å². The van der Waals surface area contributed by atoms with E-state index in [0.29, 0.717) is 37.6 Å². The number of nitrogens with zero attached hydrogens (tertiary/aromatic N) is 3. The molecule has 0 radical (unpaired) electrons. The van der Waals surface area contributed by atoms with Gasteiger partial charge in [-0.25, -0.2) is 0 Å². The van der Waals surface area contributed by atoms with Gasteiger partial charge >= 0.3 is 0 Å². The van der Waals surface area contributed by atoms with Crippen LogP contribution < -0.4 is 20.7 Å². The first-order valence-electron chi connectivity index (χ1n) is 24.3. The van der Waals surface area contributed by atoms with Crippen molar-refractivity contribution in [2.24, 2.45) is 11.8 Å².